The monoisotopic (exact) mass is 572 g/mol. The van der Waals surface area contributed by atoms with Crippen LogP contribution in [0.5, 0.6) is 5.75 Å². The van der Waals surface area contributed by atoms with Gasteiger partial charge in [0.1, 0.15) is 11.8 Å². The number of methoxy groups -OCH3 is 1. The number of rotatable bonds is 7. The fourth-order valence-electron chi connectivity index (χ4n) is 6.78. The third-order valence-corrected chi connectivity index (χ3v) is 8.61. The normalized spacial score (nSPS) is 25.5. The zero-order chi connectivity index (χ0) is 28.6. The summed E-state index contributed by atoms with van der Waals surface area (Å²) in [6.07, 6.45) is -2.80. The van der Waals surface area contributed by atoms with Gasteiger partial charge < -0.3 is 24.5 Å². The fourth-order valence-corrected chi connectivity index (χ4v) is 6.78. The molecule has 6 rings (SSSR count). The third kappa shape index (κ3) is 5.94. The van der Waals surface area contributed by atoms with Crippen LogP contribution in [0.4, 0.5) is 13.2 Å². The molecule has 4 atom stereocenters. The van der Waals surface area contributed by atoms with Crippen LogP contribution < -0.4 is 10.1 Å². The lowest BCUT2D eigenvalue weighted by Gasteiger charge is -2.51. The second-order valence-corrected chi connectivity index (χ2v) is 11.0. The number of halogens is 3. The number of aromatic nitrogens is 1. The van der Waals surface area contributed by atoms with E-state index in [1.54, 1.807) is 12.1 Å². The molecule has 3 aliphatic rings. The van der Waals surface area contributed by atoms with Crippen molar-refractivity contribution >= 4 is 16.9 Å². The van der Waals surface area contributed by atoms with Crippen LogP contribution in [0.25, 0.3) is 10.9 Å². The number of carbonyl (C=O) groups is 1. The van der Waals surface area contributed by atoms with Gasteiger partial charge in [0.15, 0.2) is 0 Å². The van der Waals surface area contributed by atoms with Crippen molar-refractivity contribution in [1.82, 2.24) is 20.1 Å². The largest absolute Gasteiger partial charge is 0.573 e. The third-order valence-electron chi connectivity index (χ3n) is 8.61. The predicted octanol–water partition coefficient (Wildman–Crippen LogP) is 4.33. The number of morpholine rings is 1. The summed E-state index contributed by atoms with van der Waals surface area (Å²) in [6.45, 7) is 5.03. The molecule has 3 aromatic rings. The number of carbonyl (C=O) groups excluding carboxylic acids is 1. The van der Waals surface area contributed by atoms with Gasteiger partial charge in [0.25, 0.3) is 0 Å². The molecule has 41 heavy (non-hydrogen) atoms. The van der Waals surface area contributed by atoms with Crippen LogP contribution in [0.1, 0.15) is 41.7 Å². The van der Waals surface area contributed by atoms with Gasteiger partial charge in [-0.1, -0.05) is 30.3 Å². The van der Waals surface area contributed by atoms with Crippen molar-refractivity contribution in [2.75, 3.05) is 46.5 Å². The van der Waals surface area contributed by atoms with Crippen LogP contribution in [-0.4, -0.2) is 85.7 Å². The molecule has 2 saturated heterocycles. The summed E-state index contributed by atoms with van der Waals surface area (Å²) < 4.78 is 53.4. The molecule has 0 radical (unpaired) electrons. The smallest absolute Gasteiger partial charge is 0.468 e. The average molecular weight is 573 g/mol. The van der Waals surface area contributed by atoms with Gasteiger partial charge in [0, 0.05) is 61.3 Å². The molecule has 0 aliphatic carbocycles. The van der Waals surface area contributed by atoms with Gasteiger partial charge in [-0.25, -0.2) is 0 Å². The van der Waals surface area contributed by atoms with Crippen LogP contribution in [0, 0.1) is 0 Å². The highest BCUT2D eigenvalue weighted by molar-refractivity contribution is 5.87. The summed E-state index contributed by atoms with van der Waals surface area (Å²) in [5.41, 5.74) is 4.07. The lowest BCUT2D eigenvalue weighted by atomic mass is 9.79. The molecule has 0 bridgehead atoms. The van der Waals surface area contributed by atoms with Crippen LogP contribution in [0.15, 0.2) is 48.5 Å². The molecular formula is C30H35F3N4O4. The minimum Gasteiger partial charge on any atom is -0.468 e. The van der Waals surface area contributed by atoms with E-state index >= 15 is 0 Å². The molecule has 4 heterocycles. The highest BCUT2D eigenvalue weighted by Crippen LogP contribution is 2.49. The maximum Gasteiger partial charge on any atom is 0.573 e. The molecule has 220 valence electrons. The second kappa shape index (κ2) is 11.6. The van der Waals surface area contributed by atoms with Crippen molar-refractivity contribution in [3.05, 3.63) is 65.4 Å². The molecule has 2 fully saturated rings. The van der Waals surface area contributed by atoms with Gasteiger partial charge in [-0.2, -0.15) is 0 Å². The summed E-state index contributed by atoms with van der Waals surface area (Å²) in [5, 5.41) is 4.85. The van der Waals surface area contributed by atoms with Gasteiger partial charge in [-0.3, -0.25) is 14.6 Å². The minimum atomic E-state index is -4.76. The molecule has 8 nitrogen and oxygen atoms in total. The maximum atomic E-state index is 13.3. The lowest BCUT2D eigenvalue weighted by Crippen LogP contribution is -2.56. The van der Waals surface area contributed by atoms with Crippen molar-refractivity contribution in [3.63, 3.8) is 0 Å². The number of hydrogen-bond acceptors (Lipinski definition) is 7. The van der Waals surface area contributed by atoms with E-state index < -0.39 is 12.4 Å². The van der Waals surface area contributed by atoms with Crippen LogP contribution in [0.3, 0.4) is 0 Å². The number of aromatic amines is 1. The Kier molecular flexibility index (Phi) is 7.95. The fraction of sp³-hybridized carbons (Fsp3) is 0.500. The second-order valence-electron chi connectivity index (χ2n) is 11.0. The van der Waals surface area contributed by atoms with Crippen molar-refractivity contribution in [1.29, 1.82) is 0 Å². The minimum absolute atomic E-state index is 0.110. The van der Waals surface area contributed by atoms with Crippen LogP contribution >= 0.6 is 0 Å². The zero-order valence-corrected chi connectivity index (χ0v) is 23.0. The van der Waals surface area contributed by atoms with Crippen molar-refractivity contribution in [2.45, 2.75) is 49.8 Å². The lowest BCUT2D eigenvalue weighted by molar-refractivity contribution is -0.274. The summed E-state index contributed by atoms with van der Waals surface area (Å²) >= 11 is 0. The Balaban J connectivity index is 1.34. The molecule has 3 aliphatic heterocycles. The molecule has 1 aromatic heterocycles. The quantitative estimate of drug-likeness (QED) is 0.408. The Morgan fingerprint density at radius 2 is 1.80 bits per heavy atom. The van der Waals surface area contributed by atoms with Gasteiger partial charge in [0.05, 0.1) is 26.4 Å². The number of benzene rings is 2. The SMILES string of the molecule is COC(=O)[C@@H]1Cc2c([nH]c3ccccc23)[C@H]2C[C@H](NCCN3CCOCC3)C[C@@H](c3ccc(OC(F)(F)F)cc3)N21. The number of alkyl halides is 3. The molecule has 11 heteroatoms. The van der Waals surface area contributed by atoms with Crippen LogP contribution in [0.2, 0.25) is 0 Å². The first-order valence-electron chi connectivity index (χ1n) is 14.1. The highest BCUT2D eigenvalue weighted by Gasteiger charge is 2.48. The van der Waals surface area contributed by atoms with Gasteiger partial charge in [-0.05, 0) is 42.2 Å². The van der Waals surface area contributed by atoms with Crippen molar-refractivity contribution in [3.8, 4) is 5.75 Å². The van der Waals surface area contributed by atoms with Gasteiger partial charge >= 0.3 is 12.3 Å². The van der Waals surface area contributed by atoms with E-state index in [-0.39, 0.29) is 29.8 Å². The number of H-pyrrole nitrogens is 1. The summed E-state index contributed by atoms with van der Waals surface area (Å²) in [6, 6.07) is 13.4. The van der Waals surface area contributed by atoms with E-state index in [2.05, 4.69) is 30.9 Å². The first-order chi connectivity index (χ1) is 19.8. The van der Waals surface area contributed by atoms with Gasteiger partial charge in [0.2, 0.25) is 0 Å². The first-order valence-corrected chi connectivity index (χ1v) is 14.1. The molecular weight excluding hydrogens is 537 g/mol. The number of para-hydroxylation sites is 1. The Morgan fingerprint density at radius 3 is 2.54 bits per heavy atom. The molecule has 0 amide bonds. The predicted molar refractivity (Wildman–Crippen MR) is 147 cm³/mol. The molecule has 2 N–H and O–H groups in total. The van der Waals surface area contributed by atoms with Crippen LogP contribution in [-0.2, 0) is 20.7 Å². The number of piperidine rings is 1. The molecule has 0 spiro atoms. The topological polar surface area (TPSA) is 79.1 Å². The van der Waals surface area contributed by atoms with Crippen molar-refractivity contribution in [2.24, 2.45) is 0 Å². The Bertz CT molecular complexity index is 1360. The van der Waals surface area contributed by atoms with E-state index in [0.717, 1.165) is 73.5 Å². The molecule has 2 aromatic carbocycles. The van der Waals surface area contributed by atoms with E-state index in [0.29, 0.717) is 12.8 Å². The summed E-state index contributed by atoms with van der Waals surface area (Å²) in [5.74, 6) is -0.582. The number of esters is 1. The van der Waals surface area contributed by atoms with Crippen molar-refractivity contribution < 1.29 is 32.2 Å². The number of hydrogen-bond donors (Lipinski definition) is 2. The van der Waals surface area contributed by atoms with E-state index in [1.165, 1.54) is 19.2 Å². The van der Waals surface area contributed by atoms with Gasteiger partial charge in [-0.15, -0.1) is 13.2 Å². The van der Waals surface area contributed by atoms with E-state index in [4.69, 9.17) is 9.47 Å². The van der Waals surface area contributed by atoms with E-state index in [1.807, 2.05) is 18.2 Å². The number of nitrogens with one attached hydrogen (secondary N) is 2. The molecule has 0 saturated carbocycles. The number of fused-ring (bicyclic) bond motifs is 5. The molecule has 0 unspecified atom stereocenters. The Hall–Kier alpha value is -3.12. The van der Waals surface area contributed by atoms with E-state index in [9.17, 15) is 18.0 Å². The summed E-state index contributed by atoms with van der Waals surface area (Å²) in [4.78, 5) is 21.5. The Morgan fingerprint density at radius 1 is 1.07 bits per heavy atom. The summed E-state index contributed by atoms with van der Waals surface area (Å²) in [7, 11) is 1.40. The highest BCUT2D eigenvalue weighted by atomic mass is 19.4. The average Bonchev–Trinajstić information content (AvgIpc) is 3.35. The maximum absolute atomic E-state index is 13.3. The number of nitrogens with zero attached hydrogens (tertiary/aromatic N) is 2. The Labute approximate surface area is 236 Å². The standard InChI is InChI=1S/C30H35F3N4O4/c1-39-29(38)27-18-23-22-4-2-3-5-24(22)35-28(23)26-17-20(34-10-11-36-12-14-40-15-13-36)16-25(37(26)27)19-6-8-21(9-7-19)41-30(31,32)33/h2-9,20,25-27,34-35H,10-18H2,1H3/t20-,25+,26-,27+/m1/s1. The zero-order valence-electron chi connectivity index (χ0n) is 23.0. The number of ether oxygens (including phenoxy) is 3. The first kappa shape index (κ1) is 28.0.